The van der Waals surface area contributed by atoms with Crippen LogP contribution in [0.3, 0.4) is 0 Å². The van der Waals surface area contributed by atoms with Crippen LogP contribution < -0.4 is 10.9 Å². The number of fused-ring (bicyclic) bond motifs is 1. The van der Waals surface area contributed by atoms with Gasteiger partial charge in [0.25, 0.3) is 5.56 Å². The van der Waals surface area contributed by atoms with Gasteiger partial charge in [0.05, 0.1) is 30.8 Å². The van der Waals surface area contributed by atoms with Crippen molar-refractivity contribution < 1.29 is 19.1 Å². The smallest absolute Gasteiger partial charge is 0.408 e. The topological polar surface area (TPSA) is 86.6 Å². The van der Waals surface area contributed by atoms with Crippen molar-refractivity contribution in [3.8, 4) is 0 Å². The predicted octanol–water partition coefficient (Wildman–Crippen LogP) is 4.12. The molecule has 9 heteroatoms. The average molecular weight is 495 g/mol. The Labute approximate surface area is 187 Å². The summed E-state index contributed by atoms with van der Waals surface area (Å²) in [5.41, 5.74) is 0.674. The molecule has 2 aromatic rings. The van der Waals surface area contributed by atoms with Crippen LogP contribution in [0.25, 0.3) is 0 Å². The van der Waals surface area contributed by atoms with Crippen molar-refractivity contribution in [2.45, 2.75) is 43.9 Å². The molecule has 0 bridgehead atoms. The minimum atomic E-state index is -0.658. The molecule has 0 unspecified atom stereocenters. The number of nitrogens with one attached hydrogen (secondary N) is 1. The Balaban J connectivity index is 2.00. The average Bonchev–Trinajstić information content (AvgIpc) is 3.07. The van der Waals surface area contributed by atoms with Crippen LogP contribution in [0, 0.1) is 0 Å². The monoisotopic (exact) mass is 494 g/mol. The fourth-order valence-corrected chi connectivity index (χ4v) is 4.63. The maximum Gasteiger partial charge on any atom is 0.408 e. The van der Waals surface area contributed by atoms with E-state index in [-0.39, 0.29) is 12.1 Å². The van der Waals surface area contributed by atoms with Gasteiger partial charge in [-0.15, -0.1) is 11.8 Å². The lowest BCUT2D eigenvalue weighted by molar-refractivity contribution is 0.0508. The number of pyridine rings is 1. The molecule has 0 fully saturated rings. The number of hydrogen-bond acceptors (Lipinski definition) is 6. The van der Waals surface area contributed by atoms with Crippen molar-refractivity contribution in [3.05, 3.63) is 62.0 Å². The molecular weight excluding hydrogens is 472 g/mol. The van der Waals surface area contributed by atoms with E-state index in [0.717, 1.165) is 10.0 Å². The predicted molar refractivity (Wildman–Crippen MR) is 118 cm³/mol. The third-order valence-electron chi connectivity index (χ3n) is 4.37. The van der Waals surface area contributed by atoms with Gasteiger partial charge in [-0.25, -0.2) is 9.59 Å². The zero-order chi connectivity index (χ0) is 22.1. The van der Waals surface area contributed by atoms with Gasteiger partial charge in [-0.3, -0.25) is 4.79 Å². The first-order valence-corrected chi connectivity index (χ1v) is 11.1. The molecular formula is C21H23BrN2O5S. The molecule has 30 heavy (non-hydrogen) atoms. The molecule has 0 saturated carbocycles. The molecule has 1 amide bonds. The van der Waals surface area contributed by atoms with Gasteiger partial charge in [0.15, 0.2) is 0 Å². The Morgan fingerprint density at radius 3 is 2.53 bits per heavy atom. The maximum atomic E-state index is 13.3. The van der Waals surface area contributed by atoms with Crippen LogP contribution in [0.15, 0.2) is 44.6 Å². The van der Waals surface area contributed by atoms with E-state index in [9.17, 15) is 14.4 Å². The van der Waals surface area contributed by atoms with Crippen molar-refractivity contribution >= 4 is 39.8 Å². The summed E-state index contributed by atoms with van der Waals surface area (Å²) in [7, 11) is 1.30. The fraction of sp³-hybridized carbons (Fsp3) is 0.381. The normalized spacial score (nSPS) is 15.4. The second-order valence-corrected chi connectivity index (χ2v) is 9.79. The Hall–Kier alpha value is -2.26. The molecule has 1 aromatic heterocycles. The van der Waals surface area contributed by atoms with E-state index in [4.69, 9.17) is 9.47 Å². The van der Waals surface area contributed by atoms with E-state index in [1.54, 1.807) is 20.8 Å². The molecule has 3 rings (SSSR count). The van der Waals surface area contributed by atoms with Gasteiger partial charge in [0.2, 0.25) is 0 Å². The summed E-state index contributed by atoms with van der Waals surface area (Å²) in [5, 5.41) is 2.76. The molecule has 1 aromatic carbocycles. The molecule has 0 spiro atoms. The number of carbonyl (C=O) groups is 2. The van der Waals surface area contributed by atoms with Gasteiger partial charge < -0.3 is 19.4 Å². The summed E-state index contributed by atoms with van der Waals surface area (Å²) in [6.07, 6.45) is 0.918. The highest BCUT2D eigenvalue weighted by Gasteiger charge is 2.34. The lowest BCUT2D eigenvalue weighted by Crippen LogP contribution is -2.38. The van der Waals surface area contributed by atoms with Gasteiger partial charge >= 0.3 is 12.1 Å². The molecule has 0 saturated heterocycles. The number of thioether (sulfide) groups is 1. The first-order valence-electron chi connectivity index (χ1n) is 9.31. The van der Waals surface area contributed by atoms with Gasteiger partial charge in [-0.2, -0.15) is 0 Å². The lowest BCUT2D eigenvalue weighted by atomic mass is 10.1. The SMILES string of the molecule is COC(=O)c1cn(Cc2ccc(Br)cc2)c(=O)c2c1SC[C@@H]2NC(=O)OC(C)(C)C. The first-order chi connectivity index (χ1) is 14.1. The first kappa shape index (κ1) is 22.4. The van der Waals surface area contributed by atoms with Gasteiger partial charge in [-0.1, -0.05) is 28.1 Å². The lowest BCUT2D eigenvalue weighted by Gasteiger charge is -2.22. The van der Waals surface area contributed by atoms with Crippen LogP contribution in [0.1, 0.15) is 48.3 Å². The minimum Gasteiger partial charge on any atom is -0.465 e. The summed E-state index contributed by atoms with van der Waals surface area (Å²) < 4.78 is 12.7. The molecule has 2 heterocycles. The molecule has 160 valence electrons. The number of amides is 1. The molecule has 0 aliphatic carbocycles. The molecule has 1 aliphatic rings. The van der Waals surface area contributed by atoms with Gasteiger partial charge in [0, 0.05) is 21.3 Å². The van der Waals surface area contributed by atoms with E-state index in [1.165, 1.54) is 29.6 Å². The highest BCUT2D eigenvalue weighted by Crippen LogP contribution is 2.39. The zero-order valence-electron chi connectivity index (χ0n) is 17.2. The summed E-state index contributed by atoms with van der Waals surface area (Å²) in [5.74, 6) is -0.1000. The van der Waals surface area contributed by atoms with E-state index in [1.807, 2.05) is 24.3 Å². The van der Waals surface area contributed by atoms with Crippen LogP contribution in [0.2, 0.25) is 0 Å². The zero-order valence-corrected chi connectivity index (χ0v) is 19.6. The Morgan fingerprint density at radius 1 is 1.27 bits per heavy atom. The standard InChI is InChI=1S/C21H23BrN2O5S/c1-21(2,3)29-20(27)23-15-11-30-17-14(19(26)28-4)10-24(18(25)16(15)17)9-12-5-7-13(22)8-6-12/h5-8,10,15H,9,11H2,1-4H3,(H,23,27)/t15-/m0/s1. The number of ether oxygens (including phenoxy) is 2. The van der Waals surface area contributed by atoms with Crippen molar-refractivity contribution in [2.24, 2.45) is 0 Å². The molecule has 1 aliphatic heterocycles. The van der Waals surface area contributed by atoms with Gasteiger partial charge in [-0.05, 0) is 38.5 Å². The fourth-order valence-electron chi connectivity index (χ4n) is 3.11. The molecule has 1 atom stereocenters. The highest BCUT2D eigenvalue weighted by molar-refractivity contribution is 9.10. The number of aromatic nitrogens is 1. The van der Waals surface area contributed by atoms with Crippen molar-refractivity contribution in [2.75, 3.05) is 12.9 Å². The van der Waals surface area contributed by atoms with Crippen LogP contribution in [-0.2, 0) is 16.0 Å². The Kier molecular flexibility index (Phi) is 6.62. The summed E-state index contributed by atoms with van der Waals surface area (Å²) in [6.45, 7) is 5.59. The largest absolute Gasteiger partial charge is 0.465 e. The number of methoxy groups -OCH3 is 1. The second kappa shape index (κ2) is 8.85. The highest BCUT2D eigenvalue weighted by atomic mass is 79.9. The summed E-state index contributed by atoms with van der Waals surface area (Å²) in [6, 6.07) is 7.00. The maximum absolute atomic E-state index is 13.3. The van der Waals surface area contributed by atoms with E-state index >= 15 is 0 Å². The van der Waals surface area contributed by atoms with Crippen molar-refractivity contribution in [3.63, 3.8) is 0 Å². The minimum absolute atomic E-state index is 0.258. The van der Waals surface area contributed by atoms with Crippen LogP contribution >= 0.6 is 27.7 Å². The molecule has 7 nitrogen and oxygen atoms in total. The Morgan fingerprint density at radius 2 is 1.93 bits per heavy atom. The van der Waals surface area contributed by atoms with Crippen molar-refractivity contribution in [1.29, 1.82) is 0 Å². The number of alkyl carbamates (subject to hydrolysis) is 1. The van der Waals surface area contributed by atoms with Gasteiger partial charge in [0.1, 0.15) is 5.60 Å². The number of halogens is 1. The second-order valence-electron chi connectivity index (χ2n) is 7.85. The molecule has 1 N–H and O–H groups in total. The quantitative estimate of drug-likeness (QED) is 0.643. The number of benzene rings is 1. The summed E-state index contributed by atoms with van der Waals surface area (Å²) >= 11 is 4.74. The number of hydrogen-bond donors (Lipinski definition) is 1. The number of rotatable bonds is 4. The third kappa shape index (κ3) is 5.07. The van der Waals surface area contributed by atoms with Crippen molar-refractivity contribution in [1.82, 2.24) is 9.88 Å². The molecule has 0 radical (unpaired) electrons. The van der Waals surface area contributed by atoms with Crippen LogP contribution in [0.4, 0.5) is 4.79 Å². The number of nitrogens with zero attached hydrogens (tertiary/aromatic N) is 1. The summed E-state index contributed by atoms with van der Waals surface area (Å²) in [4.78, 5) is 38.5. The van der Waals surface area contributed by atoms with Crippen LogP contribution in [0.5, 0.6) is 0 Å². The number of esters is 1. The van der Waals surface area contributed by atoms with E-state index in [0.29, 0.717) is 21.8 Å². The Bertz CT molecular complexity index is 1030. The van der Waals surface area contributed by atoms with Crippen LogP contribution in [-0.4, -0.2) is 35.1 Å². The van der Waals surface area contributed by atoms with E-state index in [2.05, 4.69) is 21.2 Å². The number of carbonyl (C=O) groups excluding carboxylic acids is 2. The van der Waals surface area contributed by atoms with E-state index < -0.39 is 23.7 Å². The third-order valence-corrected chi connectivity index (χ3v) is 6.13.